The van der Waals surface area contributed by atoms with Crippen LogP contribution in [0.5, 0.6) is 0 Å². The van der Waals surface area contributed by atoms with Gasteiger partial charge in [0.1, 0.15) is 0 Å². The molecule has 0 saturated carbocycles. The Kier molecular flexibility index (Phi) is 5.34. The molecule has 0 saturated heterocycles. The summed E-state index contributed by atoms with van der Waals surface area (Å²) in [5.74, 6) is -0.278. The van der Waals surface area contributed by atoms with Crippen molar-refractivity contribution in [1.29, 1.82) is 0 Å². The van der Waals surface area contributed by atoms with Gasteiger partial charge in [-0.05, 0) is 24.1 Å². The van der Waals surface area contributed by atoms with Crippen molar-refractivity contribution in [1.82, 2.24) is 10.3 Å². The van der Waals surface area contributed by atoms with Crippen molar-refractivity contribution in [2.24, 2.45) is 5.73 Å². The molecule has 0 aliphatic rings. The molecular formula is C20H23N4O2+. The lowest BCUT2D eigenvalue weighted by Gasteiger charge is -2.18. The summed E-state index contributed by atoms with van der Waals surface area (Å²) in [6, 6.07) is 17.1. The highest BCUT2D eigenvalue weighted by atomic mass is 16.2. The van der Waals surface area contributed by atoms with Crippen LogP contribution in [0, 0.1) is 0 Å². The van der Waals surface area contributed by atoms with Gasteiger partial charge in [0.05, 0.1) is 12.5 Å². The van der Waals surface area contributed by atoms with Crippen LogP contribution < -0.4 is 16.4 Å². The van der Waals surface area contributed by atoms with E-state index in [1.165, 1.54) is 16.5 Å². The van der Waals surface area contributed by atoms with Gasteiger partial charge in [-0.15, -0.1) is 0 Å². The van der Waals surface area contributed by atoms with E-state index >= 15 is 0 Å². The van der Waals surface area contributed by atoms with Crippen LogP contribution in [0.2, 0.25) is 0 Å². The maximum absolute atomic E-state index is 12.0. The predicted octanol–water partition coefficient (Wildman–Crippen LogP) is 1.45. The van der Waals surface area contributed by atoms with Gasteiger partial charge in [0.25, 0.3) is 5.91 Å². The van der Waals surface area contributed by atoms with Crippen LogP contribution in [0.4, 0.5) is 4.79 Å². The number of H-pyrrole nitrogens is 1. The average Bonchev–Trinajstić information content (AvgIpc) is 3.06. The first-order valence-electron chi connectivity index (χ1n) is 8.61. The number of rotatable bonds is 6. The lowest BCUT2D eigenvalue weighted by molar-refractivity contribution is -0.674. The maximum Gasteiger partial charge on any atom is 0.319 e. The van der Waals surface area contributed by atoms with E-state index in [1.807, 2.05) is 47.9 Å². The van der Waals surface area contributed by atoms with Gasteiger partial charge in [-0.25, -0.2) is 4.79 Å². The van der Waals surface area contributed by atoms with Gasteiger partial charge in [-0.3, -0.25) is 10.1 Å². The van der Waals surface area contributed by atoms with E-state index in [0.29, 0.717) is 6.54 Å². The Morgan fingerprint density at radius 1 is 1.12 bits per heavy atom. The van der Waals surface area contributed by atoms with E-state index in [9.17, 15) is 9.59 Å². The molecule has 0 fully saturated rings. The molecular weight excluding hydrogens is 328 g/mol. The van der Waals surface area contributed by atoms with Gasteiger partial charge < -0.3 is 16.0 Å². The summed E-state index contributed by atoms with van der Waals surface area (Å²) in [5.41, 5.74) is 8.48. The lowest BCUT2D eigenvalue weighted by Crippen LogP contribution is -2.92. The van der Waals surface area contributed by atoms with Crippen LogP contribution >= 0.6 is 0 Å². The monoisotopic (exact) mass is 351 g/mol. The highest BCUT2D eigenvalue weighted by Crippen LogP contribution is 2.29. The number of hydrogen-bond donors (Lipinski definition) is 4. The van der Waals surface area contributed by atoms with Gasteiger partial charge in [0.2, 0.25) is 0 Å². The minimum absolute atomic E-state index is 0.108. The Morgan fingerprint density at radius 2 is 1.81 bits per heavy atom. The first kappa shape index (κ1) is 17.7. The summed E-state index contributed by atoms with van der Waals surface area (Å²) in [6.07, 6.45) is 2.03. The number of urea groups is 1. The zero-order chi connectivity index (χ0) is 18.5. The quantitative estimate of drug-likeness (QED) is 0.540. The van der Waals surface area contributed by atoms with Crippen LogP contribution in [-0.4, -0.2) is 29.5 Å². The molecule has 26 heavy (non-hydrogen) atoms. The average molecular weight is 351 g/mol. The number of aromatic amines is 1. The molecule has 1 aromatic heterocycles. The number of amides is 3. The number of imide groups is 1. The van der Waals surface area contributed by atoms with Crippen LogP contribution in [0.1, 0.15) is 24.0 Å². The third kappa shape index (κ3) is 3.92. The largest absolute Gasteiger partial charge is 0.361 e. The zero-order valence-corrected chi connectivity index (χ0v) is 14.6. The van der Waals surface area contributed by atoms with Crippen molar-refractivity contribution in [3.8, 4) is 0 Å². The second-order valence-electron chi connectivity index (χ2n) is 6.37. The van der Waals surface area contributed by atoms with Crippen molar-refractivity contribution in [3.05, 3.63) is 71.9 Å². The molecule has 1 heterocycles. The molecule has 0 aliphatic carbocycles. The highest BCUT2D eigenvalue weighted by molar-refractivity contribution is 5.95. The number of benzene rings is 2. The zero-order valence-electron chi connectivity index (χ0n) is 14.6. The molecule has 0 spiro atoms. The smallest absolute Gasteiger partial charge is 0.319 e. The standard InChI is InChI=1S/C20H22N4O2/c1-13(19(25)24-20(21)26)22-11-16(14-7-3-2-4-8-14)17-12-23-18-10-6-5-9-15(17)18/h2-10,12-13,16,22-23H,11H2,1H3,(H3,21,24,25,26)/p+1/t13-,16-/m0/s1. The van der Waals surface area contributed by atoms with E-state index in [0.717, 1.165) is 5.52 Å². The van der Waals surface area contributed by atoms with Crippen LogP contribution in [0.25, 0.3) is 10.9 Å². The van der Waals surface area contributed by atoms with Gasteiger partial charge in [0, 0.05) is 17.1 Å². The van der Waals surface area contributed by atoms with E-state index in [4.69, 9.17) is 5.73 Å². The van der Waals surface area contributed by atoms with Gasteiger partial charge in [-0.1, -0.05) is 48.5 Å². The van der Waals surface area contributed by atoms with Gasteiger partial charge in [0.15, 0.2) is 6.04 Å². The van der Waals surface area contributed by atoms with E-state index in [-0.39, 0.29) is 11.8 Å². The Morgan fingerprint density at radius 3 is 2.54 bits per heavy atom. The number of carbonyl (C=O) groups is 2. The summed E-state index contributed by atoms with van der Waals surface area (Å²) < 4.78 is 0. The third-order valence-corrected chi connectivity index (χ3v) is 4.58. The van der Waals surface area contributed by atoms with Crippen molar-refractivity contribution in [2.45, 2.75) is 18.9 Å². The van der Waals surface area contributed by atoms with Crippen molar-refractivity contribution in [2.75, 3.05) is 6.54 Å². The molecule has 3 amide bonds. The predicted molar refractivity (Wildman–Crippen MR) is 101 cm³/mol. The molecule has 6 heteroatoms. The van der Waals surface area contributed by atoms with Gasteiger partial charge >= 0.3 is 6.03 Å². The molecule has 134 valence electrons. The number of carbonyl (C=O) groups excluding carboxylic acids is 2. The van der Waals surface area contributed by atoms with Crippen LogP contribution in [-0.2, 0) is 4.79 Å². The summed E-state index contributed by atoms with van der Waals surface area (Å²) in [6.45, 7) is 2.43. The minimum Gasteiger partial charge on any atom is -0.361 e. The maximum atomic E-state index is 12.0. The number of primary amides is 1. The molecule has 3 rings (SSSR count). The van der Waals surface area contributed by atoms with Gasteiger partial charge in [-0.2, -0.15) is 0 Å². The molecule has 0 unspecified atom stereocenters. The minimum atomic E-state index is -0.827. The molecule has 0 radical (unpaired) electrons. The Hall–Kier alpha value is -3.12. The molecule has 0 bridgehead atoms. The fraction of sp³-hybridized carbons (Fsp3) is 0.200. The number of hydrogen-bond acceptors (Lipinski definition) is 2. The normalized spacial score (nSPS) is 13.3. The van der Waals surface area contributed by atoms with E-state index in [1.54, 1.807) is 6.92 Å². The summed E-state index contributed by atoms with van der Waals surface area (Å²) in [7, 11) is 0. The topological polar surface area (TPSA) is 105 Å². The Labute approximate surface area is 151 Å². The first-order chi connectivity index (χ1) is 12.6. The molecule has 2 aromatic carbocycles. The van der Waals surface area contributed by atoms with Crippen molar-refractivity contribution >= 4 is 22.8 Å². The number of fused-ring (bicyclic) bond motifs is 1. The SMILES string of the molecule is C[C@H]([NH2+]C[C@@H](c1ccccc1)c1c[nH]c2ccccc12)C(=O)NC(N)=O. The van der Waals surface area contributed by atoms with Crippen molar-refractivity contribution in [3.63, 3.8) is 0 Å². The number of quaternary nitrogens is 1. The first-order valence-corrected chi connectivity index (χ1v) is 8.61. The fourth-order valence-electron chi connectivity index (χ4n) is 3.19. The molecule has 0 aliphatic heterocycles. The number of nitrogens with two attached hydrogens (primary N) is 2. The second kappa shape index (κ2) is 7.84. The highest BCUT2D eigenvalue weighted by Gasteiger charge is 2.23. The number of nitrogens with one attached hydrogen (secondary N) is 2. The molecule has 6 nitrogen and oxygen atoms in total. The summed E-state index contributed by atoms with van der Waals surface area (Å²) in [5, 5.41) is 5.23. The van der Waals surface area contributed by atoms with Crippen LogP contribution in [0.3, 0.4) is 0 Å². The molecule has 3 aromatic rings. The number of para-hydroxylation sites is 1. The molecule has 2 atom stereocenters. The fourth-order valence-corrected chi connectivity index (χ4v) is 3.19. The molecule has 6 N–H and O–H groups in total. The Bertz CT molecular complexity index is 904. The lowest BCUT2D eigenvalue weighted by atomic mass is 9.90. The van der Waals surface area contributed by atoms with Crippen LogP contribution in [0.15, 0.2) is 60.8 Å². The number of aromatic nitrogens is 1. The third-order valence-electron chi connectivity index (χ3n) is 4.58. The Balaban J connectivity index is 1.86. The van der Waals surface area contributed by atoms with Crippen molar-refractivity contribution < 1.29 is 14.9 Å². The van der Waals surface area contributed by atoms with E-state index < -0.39 is 12.1 Å². The van der Waals surface area contributed by atoms with E-state index in [2.05, 4.69) is 28.5 Å². The second-order valence-corrected chi connectivity index (χ2v) is 6.37. The summed E-state index contributed by atoms with van der Waals surface area (Å²) in [4.78, 5) is 26.2. The summed E-state index contributed by atoms with van der Waals surface area (Å²) >= 11 is 0.